The average Bonchev–Trinajstić information content (AvgIpc) is 3.01. The van der Waals surface area contributed by atoms with Crippen molar-refractivity contribution < 1.29 is 9.59 Å². The average molecular weight is 385 g/mol. The van der Waals surface area contributed by atoms with Gasteiger partial charge in [-0.15, -0.1) is 5.10 Å². The number of benzene rings is 2. The normalized spacial score (nSPS) is 12.8. The van der Waals surface area contributed by atoms with Crippen molar-refractivity contribution in [3.8, 4) is 0 Å². The number of para-hydroxylation sites is 1. The molecule has 0 bridgehead atoms. The first-order valence-corrected chi connectivity index (χ1v) is 8.97. The third-order valence-electron chi connectivity index (χ3n) is 4.24. The van der Waals surface area contributed by atoms with E-state index in [1.54, 1.807) is 45.0 Å². The molecular formula is C20H21ClN4O2. The van der Waals surface area contributed by atoms with Crippen LogP contribution in [0.15, 0.2) is 42.5 Å². The highest BCUT2D eigenvalue weighted by Crippen LogP contribution is 2.29. The van der Waals surface area contributed by atoms with Gasteiger partial charge in [0.1, 0.15) is 5.52 Å². The Labute approximate surface area is 162 Å². The van der Waals surface area contributed by atoms with Crippen molar-refractivity contribution in [2.24, 2.45) is 5.41 Å². The third kappa shape index (κ3) is 3.85. The van der Waals surface area contributed by atoms with Gasteiger partial charge in [-0.25, -0.2) is 4.68 Å². The van der Waals surface area contributed by atoms with Crippen molar-refractivity contribution in [3.05, 3.63) is 53.1 Å². The number of fused-ring (bicyclic) bond motifs is 1. The summed E-state index contributed by atoms with van der Waals surface area (Å²) >= 11 is 6.20. The van der Waals surface area contributed by atoms with Crippen LogP contribution in [0.4, 0.5) is 5.69 Å². The predicted octanol–water partition coefficient (Wildman–Crippen LogP) is 4.19. The Morgan fingerprint density at radius 2 is 1.85 bits per heavy atom. The van der Waals surface area contributed by atoms with Crippen molar-refractivity contribution in [1.29, 1.82) is 0 Å². The molecule has 1 amide bonds. The first kappa shape index (κ1) is 19.0. The summed E-state index contributed by atoms with van der Waals surface area (Å²) in [5.74, 6) is -0.766. The fourth-order valence-corrected chi connectivity index (χ4v) is 2.93. The number of Topliss-reactive ketones (excluding diaryl/α,β-unsaturated/α-hetero) is 1. The number of ketones is 1. The van der Waals surface area contributed by atoms with Crippen molar-refractivity contribution in [2.75, 3.05) is 5.32 Å². The van der Waals surface area contributed by atoms with Crippen LogP contribution in [0.3, 0.4) is 0 Å². The molecule has 3 rings (SSSR count). The smallest absolute Gasteiger partial charge is 0.257 e. The minimum atomic E-state index is -1.16. The molecular weight excluding hydrogens is 364 g/mol. The van der Waals surface area contributed by atoms with Gasteiger partial charge in [0.15, 0.2) is 11.8 Å². The number of nitrogens with zero attached hydrogens (tertiary/aromatic N) is 3. The highest BCUT2D eigenvalue weighted by atomic mass is 35.5. The van der Waals surface area contributed by atoms with Gasteiger partial charge < -0.3 is 5.32 Å². The lowest BCUT2D eigenvalue weighted by atomic mass is 9.86. The van der Waals surface area contributed by atoms with E-state index in [-0.39, 0.29) is 5.78 Å². The molecule has 3 aromatic rings. The fourth-order valence-electron chi connectivity index (χ4n) is 2.77. The molecule has 6 nitrogen and oxygen atoms in total. The maximum Gasteiger partial charge on any atom is 0.257 e. The van der Waals surface area contributed by atoms with E-state index in [0.29, 0.717) is 21.7 Å². The lowest BCUT2D eigenvalue weighted by Gasteiger charge is -2.24. The molecule has 1 aromatic heterocycles. The van der Waals surface area contributed by atoms with Gasteiger partial charge in [-0.05, 0) is 36.8 Å². The molecule has 140 valence electrons. The van der Waals surface area contributed by atoms with Gasteiger partial charge in [0.05, 0.1) is 16.2 Å². The number of hydrogen-bond donors (Lipinski definition) is 1. The largest absolute Gasteiger partial charge is 0.322 e. The van der Waals surface area contributed by atoms with Gasteiger partial charge in [-0.3, -0.25) is 9.59 Å². The fraction of sp³-hybridized carbons (Fsp3) is 0.300. The van der Waals surface area contributed by atoms with E-state index in [2.05, 4.69) is 15.6 Å². The van der Waals surface area contributed by atoms with Crippen LogP contribution < -0.4 is 5.32 Å². The van der Waals surface area contributed by atoms with Crippen LogP contribution in [0.25, 0.3) is 11.0 Å². The van der Waals surface area contributed by atoms with Crippen LogP contribution in [0.2, 0.25) is 5.02 Å². The van der Waals surface area contributed by atoms with Crippen molar-refractivity contribution in [3.63, 3.8) is 0 Å². The summed E-state index contributed by atoms with van der Waals surface area (Å²) in [5, 5.41) is 11.3. The number of aryl methyl sites for hydroxylation is 1. The van der Waals surface area contributed by atoms with E-state index in [0.717, 1.165) is 5.56 Å². The molecule has 0 saturated heterocycles. The third-order valence-corrected chi connectivity index (χ3v) is 4.57. The monoisotopic (exact) mass is 384 g/mol. The number of carbonyl (C=O) groups excluding carboxylic acids is 2. The summed E-state index contributed by atoms with van der Waals surface area (Å²) in [4.78, 5) is 26.2. The van der Waals surface area contributed by atoms with Gasteiger partial charge in [0.25, 0.3) is 5.91 Å². The molecule has 27 heavy (non-hydrogen) atoms. The molecule has 1 heterocycles. The van der Waals surface area contributed by atoms with Gasteiger partial charge in [-0.2, -0.15) is 0 Å². The number of nitrogens with one attached hydrogen (secondary N) is 1. The van der Waals surface area contributed by atoms with E-state index >= 15 is 0 Å². The Balaban J connectivity index is 2.06. The van der Waals surface area contributed by atoms with E-state index in [1.165, 1.54) is 4.68 Å². The summed E-state index contributed by atoms with van der Waals surface area (Å²) in [6, 6.07) is 11.4. The Bertz CT molecular complexity index is 1020. The summed E-state index contributed by atoms with van der Waals surface area (Å²) < 4.78 is 1.38. The van der Waals surface area contributed by atoms with Crippen molar-refractivity contribution in [1.82, 2.24) is 15.0 Å². The molecule has 0 aliphatic heterocycles. The van der Waals surface area contributed by atoms with Crippen LogP contribution in [0, 0.1) is 12.3 Å². The van der Waals surface area contributed by atoms with Crippen molar-refractivity contribution in [2.45, 2.75) is 33.7 Å². The van der Waals surface area contributed by atoms with E-state index < -0.39 is 17.4 Å². The summed E-state index contributed by atoms with van der Waals surface area (Å²) in [6.45, 7) is 7.21. The minimum Gasteiger partial charge on any atom is -0.322 e. The van der Waals surface area contributed by atoms with E-state index in [4.69, 9.17) is 11.6 Å². The van der Waals surface area contributed by atoms with Gasteiger partial charge in [-0.1, -0.05) is 55.8 Å². The Morgan fingerprint density at radius 1 is 1.15 bits per heavy atom. The van der Waals surface area contributed by atoms with E-state index in [1.807, 2.05) is 25.1 Å². The van der Waals surface area contributed by atoms with Crippen LogP contribution in [-0.2, 0) is 9.59 Å². The zero-order valence-electron chi connectivity index (χ0n) is 15.7. The molecule has 1 N–H and O–H groups in total. The Hall–Kier alpha value is -2.73. The first-order chi connectivity index (χ1) is 12.7. The number of carbonyl (C=O) groups is 2. The zero-order valence-corrected chi connectivity index (χ0v) is 16.4. The topological polar surface area (TPSA) is 76.9 Å². The quantitative estimate of drug-likeness (QED) is 0.684. The molecule has 0 saturated carbocycles. The summed E-state index contributed by atoms with van der Waals surface area (Å²) in [6.07, 6.45) is 0. The van der Waals surface area contributed by atoms with Crippen LogP contribution in [-0.4, -0.2) is 26.7 Å². The Kier molecular flexibility index (Phi) is 5.02. The molecule has 1 unspecified atom stereocenters. The number of halogens is 1. The van der Waals surface area contributed by atoms with Crippen LogP contribution in [0.5, 0.6) is 0 Å². The molecule has 0 aliphatic rings. The number of aromatic nitrogens is 3. The predicted molar refractivity (Wildman–Crippen MR) is 106 cm³/mol. The maximum atomic E-state index is 13.1. The number of rotatable bonds is 4. The van der Waals surface area contributed by atoms with Gasteiger partial charge >= 0.3 is 0 Å². The standard InChI is InChI=1S/C20H21ClN4O2/c1-12-9-10-13(21)15(11-12)22-19(27)17(18(26)20(2,3)4)25-16-8-6-5-7-14(16)23-24-25/h5-11,17H,1-4H3,(H,22,27). The zero-order chi connectivity index (χ0) is 19.8. The molecule has 7 heteroatoms. The lowest BCUT2D eigenvalue weighted by molar-refractivity contribution is -0.135. The highest BCUT2D eigenvalue weighted by molar-refractivity contribution is 6.34. The molecule has 1 atom stereocenters. The first-order valence-electron chi connectivity index (χ1n) is 8.60. The van der Waals surface area contributed by atoms with Crippen molar-refractivity contribution >= 4 is 40.0 Å². The summed E-state index contributed by atoms with van der Waals surface area (Å²) in [5.41, 5.74) is 1.89. The summed E-state index contributed by atoms with van der Waals surface area (Å²) in [7, 11) is 0. The molecule has 0 fully saturated rings. The molecule has 0 spiro atoms. The minimum absolute atomic E-state index is 0.264. The van der Waals surface area contributed by atoms with Crippen LogP contribution >= 0.6 is 11.6 Å². The highest BCUT2D eigenvalue weighted by Gasteiger charge is 2.38. The van der Waals surface area contributed by atoms with E-state index in [9.17, 15) is 9.59 Å². The van der Waals surface area contributed by atoms with Gasteiger partial charge in [0, 0.05) is 5.41 Å². The van der Waals surface area contributed by atoms with Gasteiger partial charge in [0.2, 0.25) is 0 Å². The second-order valence-corrected chi connectivity index (χ2v) is 7.92. The van der Waals surface area contributed by atoms with Crippen LogP contribution in [0.1, 0.15) is 32.4 Å². The lowest BCUT2D eigenvalue weighted by Crippen LogP contribution is -2.39. The second kappa shape index (κ2) is 7.12. The molecule has 0 radical (unpaired) electrons. The SMILES string of the molecule is Cc1ccc(Cl)c(NC(=O)C(C(=O)C(C)(C)C)n2nnc3ccccc32)c1. The molecule has 0 aliphatic carbocycles. The number of anilines is 1. The second-order valence-electron chi connectivity index (χ2n) is 7.51. The molecule has 2 aromatic carbocycles. The Morgan fingerprint density at radius 3 is 2.56 bits per heavy atom. The number of amides is 1. The number of hydrogen-bond acceptors (Lipinski definition) is 4. The maximum absolute atomic E-state index is 13.1.